The van der Waals surface area contributed by atoms with Crippen molar-refractivity contribution < 1.29 is 5.11 Å². The van der Waals surface area contributed by atoms with E-state index in [1.165, 1.54) is 0 Å². The smallest absolute Gasteiger partial charge is 0.102 e. The quantitative estimate of drug-likeness (QED) is 0.934. The van der Waals surface area contributed by atoms with Crippen LogP contribution in [-0.4, -0.2) is 15.1 Å². The van der Waals surface area contributed by atoms with Crippen molar-refractivity contribution >= 4 is 11.3 Å². The highest BCUT2D eigenvalue weighted by Crippen LogP contribution is 2.26. The number of aliphatic hydroxyl groups excluding tert-OH is 1. The van der Waals surface area contributed by atoms with Crippen LogP contribution in [0, 0.1) is 6.92 Å². The first-order valence-corrected chi connectivity index (χ1v) is 7.31. The van der Waals surface area contributed by atoms with Crippen LogP contribution in [0.2, 0.25) is 0 Å². The summed E-state index contributed by atoms with van der Waals surface area (Å²) in [6.45, 7) is 8.36. The molecule has 0 fully saturated rings. The number of aromatic nitrogens is 2. The maximum atomic E-state index is 10.2. The fourth-order valence-electron chi connectivity index (χ4n) is 1.77. The van der Waals surface area contributed by atoms with E-state index in [0.717, 1.165) is 16.4 Å². The number of hydrogen-bond acceptors (Lipinski definition) is 4. The molecule has 0 radical (unpaired) electrons. The van der Waals surface area contributed by atoms with Gasteiger partial charge in [0.1, 0.15) is 6.10 Å². The summed E-state index contributed by atoms with van der Waals surface area (Å²) >= 11 is 1.60. The summed E-state index contributed by atoms with van der Waals surface area (Å²) in [5, 5.41) is 13.2. The first kappa shape index (κ1) is 14.2. The van der Waals surface area contributed by atoms with Gasteiger partial charge in [-0.2, -0.15) is 0 Å². The molecule has 4 heteroatoms. The van der Waals surface area contributed by atoms with Gasteiger partial charge in [-0.15, -0.1) is 11.3 Å². The zero-order chi connectivity index (χ0) is 14.0. The molecule has 2 aromatic rings. The lowest BCUT2D eigenvalue weighted by Crippen LogP contribution is -2.12. The molecule has 0 aliphatic carbocycles. The van der Waals surface area contributed by atoms with E-state index in [1.807, 2.05) is 25.1 Å². The summed E-state index contributed by atoms with van der Waals surface area (Å²) in [6.07, 6.45) is -0.0594. The maximum absolute atomic E-state index is 10.2. The Morgan fingerprint density at radius 3 is 2.58 bits per heavy atom. The lowest BCUT2D eigenvalue weighted by atomic mass is 9.93. The zero-order valence-electron chi connectivity index (χ0n) is 11.8. The lowest BCUT2D eigenvalue weighted by molar-refractivity contribution is 0.173. The van der Waals surface area contributed by atoms with Crippen molar-refractivity contribution in [2.75, 3.05) is 0 Å². The molecule has 0 saturated heterocycles. The van der Waals surface area contributed by atoms with Gasteiger partial charge in [0.15, 0.2) is 0 Å². The van der Waals surface area contributed by atoms with Gasteiger partial charge >= 0.3 is 0 Å². The lowest BCUT2D eigenvalue weighted by Gasteiger charge is -2.14. The van der Waals surface area contributed by atoms with Crippen LogP contribution in [0.1, 0.15) is 49.0 Å². The van der Waals surface area contributed by atoms with Gasteiger partial charge < -0.3 is 5.11 Å². The van der Waals surface area contributed by atoms with Crippen molar-refractivity contribution in [1.29, 1.82) is 0 Å². The number of aryl methyl sites for hydroxylation is 1. The van der Waals surface area contributed by atoms with Crippen molar-refractivity contribution in [3.05, 3.63) is 45.7 Å². The van der Waals surface area contributed by atoms with E-state index in [1.54, 1.807) is 11.3 Å². The third kappa shape index (κ3) is 3.61. The van der Waals surface area contributed by atoms with Crippen molar-refractivity contribution in [1.82, 2.24) is 9.97 Å². The molecule has 2 heterocycles. The van der Waals surface area contributed by atoms with Gasteiger partial charge in [0.25, 0.3) is 0 Å². The van der Waals surface area contributed by atoms with Crippen LogP contribution >= 0.6 is 11.3 Å². The summed E-state index contributed by atoms with van der Waals surface area (Å²) in [5.41, 5.74) is 2.77. The van der Waals surface area contributed by atoms with Crippen molar-refractivity contribution in [2.45, 2.75) is 45.6 Å². The third-order valence-corrected chi connectivity index (χ3v) is 3.81. The van der Waals surface area contributed by atoms with Crippen LogP contribution in [0.4, 0.5) is 0 Å². The van der Waals surface area contributed by atoms with Crippen molar-refractivity contribution in [3.63, 3.8) is 0 Å². The molecule has 0 aliphatic rings. The normalized spacial score (nSPS) is 13.5. The molecule has 2 rings (SSSR count). The number of hydrogen-bond donors (Lipinski definition) is 1. The van der Waals surface area contributed by atoms with E-state index in [2.05, 4.69) is 36.1 Å². The van der Waals surface area contributed by atoms with Crippen LogP contribution in [-0.2, 0) is 11.8 Å². The molecule has 0 aromatic carbocycles. The summed E-state index contributed by atoms with van der Waals surface area (Å²) in [5.74, 6) is 0. The van der Waals surface area contributed by atoms with E-state index in [0.29, 0.717) is 12.1 Å². The summed E-state index contributed by atoms with van der Waals surface area (Å²) < 4.78 is 0. The van der Waals surface area contributed by atoms with Gasteiger partial charge in [0.05, 0.1) is 16.4 Å². The summed E-state index contributed by atoms with van der Waals surface area (Å²) in [4.78, 5) is 8.95. The van der Waals surface area contributed by atoms with Crippen LogP contribution in [0.5, 0.6) is 0 Å². The Labute approximate surface area is 118 Å². The van der Waals surface area contributed by atoms with E-state index in [4.69, 9.17) is 0 Å². The van der Waals surface area contributed by atoms with Gasteiger partial charge in [-0.3, -0.25) is 4.98 Å². The molecule has 2 aromatic heterocycles. The molecule has 0 spiro atoms. The number of rotatable bonds is 3. The molecule has 1 N–H and O–H groups in total. The average molecular weight is 276 g/mol. The Morgan fingerprint density at radius 1 is 1.26 bits per heavy atom. The largest absolute Gasteiger partial charge is 0.386 e. The Balaban J connectivity index is 2.11. The van der Waals surface area contributed by atoms with Gasteiger partial charge in [0, 0.05) is 22.9 Å². The minimum atomic E-state index is -0.584. The number of thiazole rings is 1. The van der Waals surface area contributed by atoms with E-state index in [-0.39, 0.29) is 5.41 Å². The topological polar surface area (TPSA) is 46.0 Å². The highest BCUT2D eigenvalue weighted by atomic mass is 32.1. The predicted molar refractivity (Wildman–Crippen MR) is 78.5 cm³/mol. The van der Waals surface area contributed by atoms with E-state index in [9.17, 15) is 5.11 Å². The summed E-state index contributed by atoms with van der Waals surface area (Å²) in [7, 11) is 0. The van der Waals surface area contributed by atoms with Gasteiger partial charge in [-0.25, -0.2) is 4.98 Å². The Bertz CT molecular complexity index is 557. The standard InChI is InChI=1S/C15H20N2OS/c1-10-6-5-7-11(16-10)12(18)8-14-17-13(9-19-14)15(2,3)4/h5-7,9,12,18H,8H2,1-4H3. The molecule has 19 heavy (non-hydrogen) atoms. The van der Waals surface area contributed by atoms with Gasteiger partial charge in [-0.05, 0) is 19.1 Å². The molecule has 0 amide bonds. The molecular formula is C15H20N2OS. The molecule has 0 saturated carbocycles. The fourth-order valence-corrected chi connectivity index (χ4v) is 2.83. The van der Waals surface area contributed by atoms with Crippen molar-refractivity contribution in [2.24, 2.45) is 0 Å². The minimum absolute atomic E-state index is 0.0568. The number of aliphatic hydroxyl groups is 1. The second-order valence-corrected chi connectivity index (χ2v) is 6.74. The monoisotopic (exact) mass is 276 g/mol. The molecule has 1 unspecified atom stereocenters. The Hall–Kier alpha value is -1.26. The average Bonchev–Trinajstić information content (AvgIpc) is 2.77. The van der Waals surface area contributed by atoms with Crippen LogP contribution in [0.3, 0.4) is 0 Å². The van der Waals surface area contributed by atoms with E-state index >= 15 is 0 Å². The van der Waals surface area contributed by atoms with Crippen LogP contribution in [0.25, 0.3) is 0 Å². The second kappa shape index (κ2) is 5.39. The highest BCUT2D eigenvalue weighted by molar-refractivity contribution is 7.09. The third-order valence-electron chi connectivity index (χ3n) is 2.94. The molecule has 1 atom stereocenters. The maximum Gasteiger partial charge on any atom is 0.102 e. The number of nitrogens with zero attached hydrogens (tertiary/aromatic N) is 2. The molecule has 102 valence electrons. The first-order valence-electron chi connectivity index (χ1n) is 6.43. The second-order valence-electron chi connectivity index (χ2n) is 5.80. The fraction of sp³-hybridized carbons (Fsp3) is 0.467. The molecular weight excluding hydrogens is 256 g/mol. The Morgan fingerprint density at radius 2 is 2.00 bits per heavy atom. The summed E-state index contributed by atoms with van der Waals surface area (Å²) in [6, 6.07) is 5.70. The molecule has 0 bridgehead atoms. The minimum Gasteiger partial charge on any atom is -0.386 e. The SMILES string of the molecule is Cc1cccc(C(O)Cc2nc(C(C)(C)C)cs2)n1. The van der Waals surface area contributed by atoms with E-state index < -0.39 is 6.10 Å². The zero-order valence-corrected chi connectivity index (χ0v) is 12.7. The number of pyridine rings is 1. The van der Waals surface area contributed by atoms with Crippen molar-refractivity contribution in [3.8, 4) is 0 Å². The first-order chi connectivity index (χ1) is 8.86. The van der Waals surface area contributed by atoms with Gasteiger partial charge in [0.2, 0.25) is 0 Å². The Kier molecular flexibility index (Phi) is 4.02. The van der Waals surface area contributed by atoms with Crippen LogP contribution < -0.4 is 0 Å². The molecule has 0 aliphatic heterocycles. The molecule has 3 nitrogen and oxygen atoms in total. The highest BCUT2D eigenvalue weighted by Gasteiger charge is 2.19. The van der Waals surface area contributed by atoms with Gasteiger partial charge in [-0.1, -0.05) is 26.8 Å². The van der Waals surface area contributed by atoms with Crippen LogP contribution in [0.15, 0.2) is 23.6 Å². The predicted octanol–water partition coefficient (Wildman–Crippen LogP) is 3.42.